The average molecular weight is 307 g/mol. The van der Waals surface area contributed by atoms with E-state index in [9.17, 15) is 4.79 Å². The number of hydrogen-bond acceptors (Lipinski definition) is 4. The minimum absolute atomic E-state index is 0.145. The Morgan fingerprint density at radius 1 is 1.13 bits per heavy atom. The van der Waals surface area contributed by atoms with Gasteiger partial charge in [0.2, 0.25) is 0 Å². The van der Waals surface area contributed by atoms with Gasteiger partial charge in [0.15, 0.2) is 5.82 Å². The summed E-state index contributed by atoms with van der Waals surface area (Å²) in [6.45, 7) is 4.14. The first-order chi connectivity index (χ1) is 11.1. The lowest BCUT2D eigenvalue weighted by atomic mass is 10.1. The van der Waals surface area contributed by atoms with Crippen LogP contribution in [-0.2, 0) is 6.54 Å². The van der Waals surface area contributed by atoms with Crippen LogP contribution in [0.3, 0.4) is 0 Å². The molecule has 5 heteroatoms. The number of carbonyl (C=O) groups is 1. The molecule has 0 radical (unpaired) electrons. The number of benzene rings is 2. The average Bonchev–Trinajstić information content (AvgIpc) is 3.02. The fourth-order valence-corrected chi connectivity index (χ4v) is 2.35. The number of rotatable bonds is 4. The highest BCUT2D eigenvalue weighted by Crippen LogP contribution is 2.16. The molecule has 0 aliphatic rings. The second kappa shape index (κ2) is 6.44. The number of nitrogens with one attached hydrogen (secondary N) is 1. The lowest BCUT2D eigenvalue weighted by Gasteiger charge is -2.06. The van der Waals surface area contributed by atoms with Gasteiger partial charge >= 0.3 is 0 Å². The zero-order valence-electron chi connectivity index (χ0n) is 13.0. The summed E-state index contributed by atoms with van der Waals surface area (Å²) in [4.78, 5) is 16.5. The molecule has 116 valence electrons. The second-order valence-corrected chi connectivity index (χ2v) is 5.38. The number of nitrogens with zero attached hydrogens (tertiary/aromatic N) is 2. The van der Waals surface area contributed by atoms with Crippen molar-refractivity contribution in [3.05, 3.63) is 71.0 Å². The van der Waals surface area contributed by atoms with Crippen LogP contribution < -0.4 is 5.32 Å². The molecule has 3 rings (SSSR count). The molecule has 0 fully saturated rings. The quantitative estimate of drug-likeness (QED) is 0.803. The second-order valence-electron chi connectivity index (χ2n) is 5.38. The fourth-order valence-electron chi connectivity index (χ4n) is 2.35. The summed E-state index contributed by atoms with van der Waals surface area (Å²) in [5, 5.41) is 6.71. The summed E-state index contributed by atoms with van der Waals surface area (Å²) in [6.07, 6.45) is 0. The molecule has 1 aromatic heterocycles. The topological polar surface area (TPSA) is 68.0 Å². The van der Waals surface area contributed by atoms with Crippen LogP contribution in [0.25, 0.3) is 11.5 Å². The highest BCUT2D eigenvalue weighted by Gasteiger charge is 2.12. The van der Waals surface area contributed by atoms with Crippen LogP contribution in [0, 0.1) is 13.8 Å². The van der Waals surface area contributed by atoms with Gasteiger partial charge < -0.3 is 9.84 Å². The Morgan fingerprint density at radius 3 is 2.65 bits per heavy atom. The molecule has 3 aromatic rings. The molecule has 0 saturated carbocycles. The van der Waals surface area contributed by atoms with Gasteiger partial charge in [-0.05, 0) is 37.6 Å². The molecule has 23 heavy (non-hydrogen) atoms. The number of aromatic nitrogens is 2. The molecule has 1 N–H and O–H groups in total. The van der Waals surface area contributed by atoms with Crippen LogP contribution in [0.15, 0.2) is 53.1 Å². The molecule has 5 nitrogen and oxygen atoms in total. The van der Waals surface area contributed by atoms with Gasteiger partial charge in [0, 0.05) is 11.1 Å². The minimum atomic E-state index is -0.145. The van der Waals surface area contributed by atoms with E-state index in [4.69, 9.17) is 4.52 Å². The minimum Gasteiger partial charge on any atom is -0.345 e. The Bertz CT molecular complexity index is 825. The maximum absolute atomic E-state index is 12.2. The van der Waals surface area contributed by atoms with Crippen molar-refractivity contribution in [1.82, 2.24) is 15.5 Å². The van der Waals surface area contributed by atoms with Crippen LogP contribution in [-0.4, -0.2) is 16.0 Å². The van der Waals surface area contributed by atoms with E-state index < -0.39 is 0 Å². The standard InChI is InChI=1S/C18H17N3O2/c1-12-8-9-15(13(2)10-12)17(22)19-11-16-20-18(23-21-16)14-6-4-3-5-7-14/h3-10H,11H2,1-2H3,(H,19,22). The Labute approximate surface area is 134 Å². The first kappa shape index (κ1) is 15.0. The Hall–Kier alpha value is -2.95. The molecule has 0 spiro atoms. The molecule has 1 amide bonds. The molecule has 2 aromatic carbocycles. The monoisotopic (exact) mass is 307 g/mol. The van der Waals surface area contributed by atoms with Crippen molar-refractivity contribution in [2.24, 2.45) is 0 Å². The van der Waals surface area contributed by atoms with E-state index in [0.717, 1.165) is 16.7 Å². The number of aryl methyl sites for hydroxylation is 2. The third kappa shape index (κ3) is 3.45. The molecular formula is C18H17N3O2. The normalized spacial score (nSPS) is 10.5. The van der Waals surface area contributed by atoms with Crippen molar-refractivity contribution in [3.63, 3.8) is 0 Å². The zero-order chi connectivity index (χ0) is 16.2. The van der Waals surface area contributed by atoms with Crippen LogP contribution >= 0.6 is 0 Å². The number of carbonyl (C=O) groups excluding carboxylic acids is 1. The van der Waals surface area contributed by atoms with Crippen LogP contribution in [0.5, 0.6) is 0 Å². The SMILES string of the molecule is Cc1ccc(C(=O)NCc2noc(-c3ccccc3)n2)c(C)c1. The maximum Gasteiger partial charge on any atom is 0.257 e. The highest BCUT2D eigenvalue weighted by atomic mass is 16.5. The lowest BCUT2D eigenvalue weighted by molar-refractivity contribution is 0.0949. The van der Waals surface area contributed by atoms with Crippen molar-refractivity contribution >= 4 is 5.91 Å². The van der Waals surface area contributed by atoms with Gasteiger partial charge in [0.25, 0.3) is 11.8 Å². The summed E-state index contributed by atoms with van der Waals surface area (Å²) in [5.41, 5.74) is 3.58. The van der Waals surface area contributed by atoms with E-state index in [-0.39, 0.29) is 12.5 Å². The third-order valence-electron chi connectivity index (χ3n) is 3.52. The predicted molar refractivity (Wildman–Crippen MR) is 86.8 cm³/mol. The molecule has 0 atom stereocenters. The van der Waals surface area contributed by atoms with Gasteiger partial charge in [-0.1, -0.05) is 41.1 Å². The van der Waals surface area contributed by atoms with E-state index in [2.05, 4.69) is 15.5 Å². The Morgan fingerprint density at radius 2 is 1.91 bits per heavy atom. The first-order valence-corrected chi connectivity index (χ1v) is 7.37. The van der Waals surface area contributed by atoms with Crippen LogP contribution in [0.1, 0.15) is 27.3 Å². The fraction of sp³-hybridized carbons (Fsp3) is 0.167. The molecule has 0 aliphatic carbocycles. The van der Waals surface area contributed by atoms with Gasteiger partial charge in [-0.15, -0.1) is 0 Å². The molecule has 0 unspecified atom stereocenters. The summed E-state index contributed by atoms with van der Waals surface area (Å²) in [6, 6.07) is 15.2. The summed E-state index contributed by atoms with van der Waals surface area (Å²) in [5.74, 6) is 0.747. The van der Waals surface area contributed by atoms with Gasteiger partial charge in [0.1, 0.15) is 0 Å². The first-order valence-electron chi connectivity index (χ1n) is 7.37. The third-order valence-corrected chi connectivity index (χ3v) is 3.52. The van der Waals surface area contributed by atoms with Crippen molar-refractivity contribution in [2.45, 2.75) is 20.4 Å². The van der Waals surface area contributed by atoms with E-state index >= 15 is 0 Å². The largest absolute Gasteiger partial charge is 0.345 e. The summed E-state index contributed by atoms with van der Waals surface area (Å²) in [7, 11) is 0. The Balaban J connectivity index is 1.67. The van der Waals surface area contributed by atoms with E-state index in [0.29, 0.717) is 17.3 Å². The maximum atomic E-state index is 12.2. The molecule has 0 saturated heterocycles. The molecule has 0 bridgehead atoms. The Kier molecular flexibility index (Phi) is 4.19. The zero-order valence-corrected chi connectivity index (χ0v) is 13.0. The molecular weight excluding hydrogens is 290 g/mol. The highest BCUT2D eigenvalue weighted by molar-refractivity contribution is 5.95. The number of amides is 1. The molecule has 1 heterocycles. The smallest absolute Gasteiger partial charge is 0.257 e. The molecule has 0 aliphatic heterocycles. The van der Waals surface area contributed by atoms with Crippen molar-refractivity contribution in [3.8, 4) is 11.5 Å². The van der Waals surface area contributed by atoms with E-state index in [1.54, 1.807) is 0 Å². The lowest BCUT2D eigenvalue weighted by Crippen LogP contribution is -2.24. The van der Waals surface area contributed by atoms with Gasteiger partial charge in [-0.25, -0.2) is 0 Å². The van der Waals surface area contributed by atoms with Gasteiger partial charge in [0.05, 0.1) is 6.54 Å². The van der Waals surface area contributed by atoms with Crippen molar-refractivity contribution in [2.75, 3.05) is 0 Å². The predicted octanol–water partition coefficient (Wildman–Crippen LogP) is 3.28. The van der Waals surface area contributed by atoms with E-state index in [1.807, 2.05) is 62.4 Å². The van der Waals surface area contributed by atoms with Gasteiger partial charge in [-0.2, -0.15) is 4.98 Å². The van der Waals surface area contributed by atoms with Crippen LogP contribution in [0.2, 0.25) is 0 Å². The van der Waals surface area contributed by atoms with Crippen molar-refractivity contribution in [1.29, 1.82) is 0 Å². The van der Waals surface area contributed by atoms with Gasteiger partial charge in [-0.3, -0.25) is 4.79 Å². The van der Waals surface area contributed by atoms with E-state index in [1.165, 1.54) is 0 Å². The summed E-state index contributed by atoms with van der Waals surface area (Å²) < 4.78 is 5.22. The van der Waals surface area contributed by atoms with Crippen LogP contribution in [0.4, 0.5) is 0 Å². The van der Waals surface area contributed by atoms with Crippen molar-refractivity contribution < 1.29 is 9.32 Å². The number of hydrogen-bond donors (Lipinski definition) is 1. The summed E-state index contributed by atoms with van der Waals surface area (Å²) >= 11 is 0.